The van der Waals surface area contributed by atoms with Gasteiger partial charge >= 0.3 is 6.85 Å². The second kappa shape index (κ2) is 4.73. The Hall–Kier alpha value is -2.56. The maximum Gasteiger partial charge on any atom is 0.396 e. The number of anilines is 1. The molecule has 0 bridgehead atoms. The maximum absolute atomic E-state index is 5.91. The molecule has 0 N–H and O–H groups in total. The molecule has 108 valence electrons. The number of rotatable bonds is 1. The van der Waals surface area contributed by atoms with E-state index in [2.05, 4.69) is 64.9 Å². The number of pyridine rings is 2. The molecule has 4 nitrogen and oxygen atoms in total. The molecule has 0 unspecified atom stereocenters. The van der Waals surface area contributed by atoms with Gasteiger partial charge in [-0.15, -0.1) is 0 Å². The SMILES string of the molecule is Cc1ccc2c3c(oc2n1)C=CB(c1cccc[n+]1C)N3C. The van der Waals surface area contributed by atoms with Gasteiger partial charge < -0.3 is 9.23 Å². The van der Waals surface area contributed by atoms with Crippen molar-refractivity contribution in [2.75, 3.05) is 11.9 Å². The van der Waals surface area contributed by atoms with Gasteiger partial charge in [-0.05, 0) is 38.2 Å². The highest BCUT2D eigenvalue weighted by molar-refractivity contribution is 6.81. The second-order valence-corrected chi connectivity index (χ2v) is 5.77. The zero-order valence-electron chi connectivity index (χ0n) is 12.9. The van der Waals surface area contributed by atoms with Crippen LogP contribution in [0.4, 0.5) is 5.69 Å². The molecule has 0 spiro atoms. The van der Waals surface area contributed by atoms with Gasteiger partial charge in [0.05, 0.1) is 11.1 Å². The van der Waals surface area contributed by atoms with Crippen molar-refractivity contribution in [3.8, 4) is 0 Å². The first-order valence-corrected chi connectivity index (χ1v) is 7.41. The minimum Gasteiger partial charge on any atom is -0.436 e. The molecule has 4 heterocycles. The van der Waals surface area contributed by atoms with E-state index in [4.69, 9.17) is 4.42 Å². The molecule has 0 radical (unpaired) electrons. The summed E-state index contributed by atoms with van der Waals surface area (Å²) in [5, 5.41) is 1.07. The molecule has 3 aromatic heterocycles. The van der Waals surface area contributed by atoms with Gasteiger partial charge in [-0.2, -0.15) is 0 Å². The zero-order chi connectivity index (χ0) is 15.3. The van der Waals surface area contributed by atoms with Crippen LogP contribution in [0.3, 0.4) is 0 Å². The van der Waals surface area contributed by atoms with Crippen LogP contribution in [-0.4, -0.2) is 18.9 Å². The number of hydrogen-bond acceptors (Lipinski definition) is 3. The lowest BCUT2D eigenvalue weighted by atomic mass is 9.55. The Labute approximate surface area is 129 Å². The molecule has 4 rings (SSSR count). The van der Waals surface area contributed by atoms with Crippen LogP contribution in [0.25, 0.3) is 17.2 Å². The number of hydrogen-bond donors (Lipinski definition) is 0. The molecular formula is C17H17BN3O+. The third kappa shape index (κ3) is 1.85. The number of fused-ring (bicyclic) bond motifs is 3. The normalized spacial score (nSPS) is 13.8. The van der Waals surface area contributed by atoms with Crippen LogP contribution in [-0.2, 0) is 7.05 Å². The molecule has 0 aliphatic carbocycles. The Morgan fingerprint density at radius 2 is 2.09 bits per heavy atom. The minimum atomic E-state index is 0.181. The Kier molecular flexibility index (Phi) is 2.82. The van der Waals surface area contributed by atoms with Crippen molar-refractivity contribution < 1.29 is 8.98 Å². The highest BCUT2D eigenvalue weighted by Gasteiger charge is 2.34. The van der Waals surface area contributed by atoms with Crippen LogP contribution in [0, 0.1) is 6.92 Å². The van der Waals surface area contributed by atoms with Crippen molar-refractivity contribution in [1.29, 1.82) is 0 Å². The number of aromatic nitrogens is 2. The molecule has 22 heavy (non-hydrogen) atoms. The van der Waals surface area contributed by atoms with Crippen LogP contribution in [0.1, 0.15) is 11.5 Å². The summed E-state index contributed by atoms with van der Waals surface area (Å²) in [6.45, 7) is 2.16. The zero-order valence-corrected chi connectivity index (χ0v) is 12.9. The lowest BCUT2D eigenvalue weighted by Gasteiger charge is -2.25. The second-order valence-electron chi connectivity index (χ2n) is 5.77. The molecule has 0 atom stereocenters. The van der Waals surface area contributed by atoms with Crippen molar-refractivity contribution >= 4 is 35.3 Å². The quantitative estimate of drug-likeness (QED) is 0.506. The summed E-state index contributed by atoms with van der Waals surface area (Å²) in [7, 11) is 4.18. The van der Waals surface area contributed by atoms with Crippen LogP contribution in [0.5, 0.6) is 0 Å². The van der Waals surface area contributed by atoms with Crippen LogP contribution < -0.4 is 15.0 Å². The van der Waals surface area contributed by atoms with E-state index in [0.29, 0.717) is 5.71 Å². The van der Waals surface area contributed by atoms with Crippen molar-refractivity contribution in [2.45, 2.75) is 6.92 Å². The Balaban J connectivity index is 1.88. The first-order valence-electron chi connectivity index (χ1n) is 7.41. The Bertz CT molecular complexity index is 900. The number of aryl methyl sites for hydroxylation is 2. The van der Waals surface area contributed by atoms with E-state index in [1.165, 1.54) is 5.59 Å². The highest BCUT2D eigenvalue weighted by atomic mass is 16.3. The van der Waals surface area contributed by atoms with Crippen LogP contribution in [0.2, 0.25) is 0 Å². The summed E-state index contributed by atoms with van der Waals surface area (Å²) in [4.78, 5) is 6.76. The van der Waals surface area contributed by atoms with Gasteiger partial charge in [-0.25, -0.2) is 9.55 Å². The molecule has 0 saturated carbocycles. The van der Waals surface area contributed by atoms with E-state index in [-0.39, 0.29) is 6.85 Å². The van der Waals surface area contributed by atoms with Crippen molar-refractivity contribution in [1.82, 2.24) is 4.98 Å². The van der Waals surface area contributed by atoms with Crippen molar-refractivity contribution in [3.05, 3.63) is 54.0 Å². The molecule has 1 aliphatic heterocycles. The van der Waals surface area contributed by atoms with Crippen molar-refractivity contribution in [2.24, 2.45) is 7.05 Å². The Morgan fingerprint density at radius 3 is 2.91 bits per heavy atom. The van der Waals surface area contributed by atoms with Gasteiger partial charge in [0.2, 0.25) is 5.71 Å². The van der Waals surface area contributed by atoms with Crippen molar-refractivity contribution in [3.63, 3.8) is 0 Å². The summed E-state index contributed by atoms with van der Waals surface area (Å²) >= 11 is 0. The summed E-state index contributed by atoms with van der Waals surface area (Å²) in [5.74, 6) is 3.05. The minimum absolute atomic E-state index is 0.181. The smallest absolute Gasteiger partial charge is 0.396 e. The van der Waals surface area contributed by atoms with Gasteiger partial charge in [-0.1, -0.05) is 12.0 Å². The van der Waals surface area contributed by atoms with E-state index < -0.39 is 0 Å². The number of nitrogens with zero attached hydrogens (tertiary/aromatic N) is 3. The highest BCUT2D eigenvalue weighted by Crippen LogP contribution is 2.36. The standard InChI is InChI=1S/C17H17BN3O/c1-12-7-8-13-16-14(22-17(13)19-12)9-10-18(21(16)3)15-6-4-5-11-20(15)2/h4-11H,1-3H3/q+1. The lowest BCUT2D eigenvalue weighted by Crippen LogP contribution is -2.60. The summed E-state index contributed by atoms with van der Waals surface area (Å²) in [6, 6.07) is 10.4. The van der Waals surface area contributed by atoms with E-state index in [0.717, 1.165) is 22.5 Å². The number of furan rings is 1. The van der Waals surface area contributed by atoms with Gasteiger partial charge in [0.25, 0.3) is 0 Å². The van der Waals surface area contributed by atoms with E-state index in [1.807, 2.05) is 19.1 Å². The molecular weight excluding hydrogens is 273 g/mol. The average molecular weight is 290 g/mol. The fourth-order valence-corrected chi connectivity index (χ4v) is 3.14. The van der Waals surface area contributed by atoms with Gasteiger partial charge in [0.15, 0.2) is 17.6 Å². The maximum atomic E-state index is 5.91. The largest absolute Gasteiger partial charge is 0.436 e. The predicted molar refractivity (Wildman–Crippen MR) is 89.2 cm³/mol. The van der Waals surface area contributed by atoms with E-state index >= 15 is 0 Å². The first-order chi connectivity index (χ1) is 10.6. The summed E-state index contributed by atoms with van der Waals surface area (Å²) in [5.41, 5.74) is 4.02. The van der Waals surface area contributed by atoms with Gasteiger partial charge in [0.1, 0.15) is 7.05 Å². The summed E-state index contributed by atoms with van der Waals surface area (Å²) in [6.07, 6.45) is 4.13. The van der Waals surface area contributed by atoms with Gasteiger partial charge in [-0.3, -0.25) is 0 Å². The average Bonchev–Trinajstić information content (AvgIpc) is 2.87. The molecule has 0 saturated heterocycles. The third-order valence-corrected chi connectivity index (χ3v) is 4.29. The predicted octanol–water partition coefficient (Wildman–Crippen LogP) is 1.86. The summed E-state index contributed by atoms with van der Waals surface area (Å²) < 4.78 is 8.06. The van der Waals surface area contributed by atoms with Crippen LogP contribution in [0.15, 0.2) is 46.9 Å². The molecule has 5 heteroatoms. The third-order valence-electron chi connectivity index (χ3n) is 4.29. The molecule has 0 fully saturated rings. The fraction of sp³-hybridized carbons (Fsp3) is 0.176. The first kappa shape index (κ1) is 13.1. The monoisotopic (exact) mass is 290 g/mol. The Morgan fingerprint density at radius 1 is 1.23 bits per heavy atom. The molecule has 3 aromatic rings. The van der Waals surface area contributed by atoms with Gasteiger partial charge in [0, 0.05) is 11.8 Å². The molecule has 1 aliphatic rings. The molecule has 0 amide bonds. The van der Waals surface area contributed by atoms with E-state index in [1.54, 1.807) is 0 Å². The van der Waals surface area contributed by atoms with Crippen LogP contribution >= 0.6 is 0 Å². The van der Waals surface area contributed by atoms with E-state index in [9.17, 15) is 0 Å². The molecule has 0 aromatic carbocycles. The fourth-order valence-electron chi connectivity index (χ4n) is 3.14. The lowest BCUT2D eigenvalue weighted by molar-refractivity contribution is -0.654. The topological polar surface area (TPSA) is 33.1 Å².